The number of nitrogens with zero attached hydrogens (tertiary/aromatic N) is 1. The number of hydrogen-bond donors (Lipinski definition) is 0. The molecule has 2 nitrogen and oxygen atoms in total. The first-order chi connectivity index (χ1) is 22.7. The van der Waals surface area contributed by atoms with Crippen molar-refractivity contribution in [1.82, 2.24) is 4.98 Å². The van der Waals surface area contributed by atoms with Crippen molar-refractivity contribution in [3.05, 3.63) is 182 Å². The Labute approximate surface area is 269 Å². The zero-order valence-corrected chi connectivity index (χ0v) is 26.0. The summed E-state index contributed by atoms with van der Waals surface area (Å²) < 4.78 is 14.8. The van der Waals surface area contributed by atoms with Crippen molar-refractivity contribution in [1.29, 1.82) is 0 Å². The minimum Gasteiger partial charge on any atom is -0.309 e. The first-order valence-electron chi connectivity index (χ1n) is 15.5. The highest BCUT2D eigenvalue weighted by Gasteiger charge is 2.29. The highest BCUT2D eigenvalue weighted by Crippen LogP contribution is 2.43. The summed E-state index contributed by atoms with van der Waals surface area (Å²) >= 11 is 0. The van der Waals surface area contributed by atoms with E-state index >= 15 is 0 Å². The standard InChI is InChI=1S/C43H30NOP/c45-46(36-18-6-2-7-19-36,37-20-8-3-9-21-37)38-26-23-31(24-27-38)34-16-12-17-35(29-34)42-30-40(32-13-4-1-5-14-32)43-39-22-11-10-15-33(39)25-28-41(43)44-42/h1-30H. The van der Waals surface area contributed by atoms with Crippen LogP contribution in [-0.4, -0.2) is 4.98 Å². The molecule has 0 aliphatic carbocycles. The van der Waals surface area contributed by atoms with Crippen LogP contribution in [0.25, 0.3) is 55.2 Å². The predicted octanol–water partition coefficient (Wildman–Crippen LogP) is 10.0. The minimum absolute atomic E-state index is 0.820. The van der Waals surface area contributed by atoms with Crippen LogP contribution in [0.1, 0.15) is 0 Å². The van der Waals surface area contributed by atoms with Crippen molar-refractivity contribution in [3.8, 4) is 33.5 Å². The third-order valence-corrected chi connectivity index (χ3v) is 11.8. The van der Waals surface area contributed by atoms with Gasteiger partial charge in [-0.05, 0) is 51.2 Å². The van der Waals surface area contributed by atoms with Crippen LogP contribution in [0, 0.1) is 0 Å². The van der Waals surface area contributed by atoms with E-state index in [1.165, 1.54) is 27.3 Å². The number of rotatable bonds is 6. The van der Waals surface area contributed by atoms with Crippen LogP contribution in [0.3, 0.4) is 0 Å². The maximum Gasteiger partial charge on any atom is 0.171 e. The van der Waals surface area contributed by atoms with Crippen molar-refractivity contribution in [2.24, 2.45) is 0 Å². The van der Waals surface area contributed by atoms with Crippen molar-refractivity contribution in [2.75, 3.05) is 0 Å². The Morgan fingerprint density at radius 1 is 0.413 bits per heavy atom. The molecule has 8 aromatic rings. The maximum atomic E-state index is 14.8. The van der Waals surface area contributed by atoms with Crippen LogP contribution in [0.4, 0.5) is 0 Å². The topological polar surface area (TPSA) is 30.0 Å². The Balaban J connectivity index is 1.22. The molecule has 7 aromatic carbocycles. The van der Waals surface area contributed by atoms with Gasteiger partial charge >= 0.3 is 0 Å². The Morgan fingerprint density at radius 2 is 0.978 bits per heavy atom. The second kappa shape index (κ2) is 11.7. The fraction of sp³-hybridized carbons (Fsp3) is 0. The molecule has 0 aliphatic heterocycles. The van der Waals surface area contributed by atoms with Gasteiger partial charge in [-0.3, -0.25) is 0 Å². The molecule has 8 rings (SSSR count). The largest absolute Gasteiger partial charge is 0.309 e. The molecule has 1 aromatic heterocycles. The summed E-state index contributed by atoms with van der Waals surface area (Å²) in [6.07, 6.45) is 0. The molecule has 0 spiro atoms. The Hall–Kier alpha value is -5.56. The molecule has 218 valence electrons. The van der Waals surface area contributed by atoms with Crippen LogP contribution < -0.4 is 15.9 Å². The highest BCUT2D eigenvalue weighted by atomic mass is 31.2. The Kier molecular flexibility index (Phi) is 7.14. The number of fused-ring (bicyclic) bond motifs is 3. The zero-order chi connectivity index (χ0) is 30.9. The monoisotopic (exact) mass is 607 g/mol. The molecule has 46 heavy (non-hydrogen) atoms. The summed E-state index contributed by atoms with van der Waals surface area (Å²) in [5.74, 6) is 0. The average molecular weight is 608 g/mol. The van der Waals surface area contributed by atoms with Gasteiger partial charge in [-0.1, -0.05) is 164 Å². The molecule has 1 heterocycles. The van der Waals surface area contributed by atoms with Crippen molar-refractivity contribution >= 4 is 44.7 Å². The Morgan fingerprint density at radius 3 is 1.67 bits per heavy atom. The van der Waals surface area contributed by atoms with Crippen molar-refractivity contribution in [2.45, 2.75) is 0 Å². The molecule has 0 N–H and O–H groups in total. The highest BCUT2D eigenvalue weighted by molar-refractivity contribution is 7.85. The molecular formula is C43H30NOP. The van der Waals surface area contributed by atoms with Gasteiger partial charge in [-0.2, -0.15) is 0 Å². The van der Waals surface area contributed by atoms with Gasteiger partial charge in [0, 0.05) is 26.9 Å². The fourth-order valence-corrected chi connectivity index (χ4v) is 9.09. The normalized spacial score (nSPS) is 11.6. The minimum atomic E-state index is -3.03. The quantitative estimate of drug-likeness (QED) is 0.139. The predicted molar refractivity (Wildman–Crippen MR) is 195 cm³/mol. The molecule has 0 saturated carbocycles. The lowest BCUT2D eigenvalue weighted by atomic mass is 9.94. The van der Waals surface area contributed by atoms with Crippen LogP contribution >= 0.6 is 7.14 Å². The van der Waals surface area contributed by atoms with E-state index in [-0.39, 0.29) is 0 Å². The van der Waals surface area contributed by atoms with Gasteiger partial charge in [0.2, 0.25) is 0 Å². The van der Waals surface area contributed by atoms with Gasteiger partial charge < -0.3 is 4.57 Å². The third kappa shape index (κ3) is 4.94. The second-order valence-corrected chi connectivity index (χ2v) is 14.3. The number of hydrogen-bond acceptors (Lipinski definition) is 2. The van der Waals surface area contributed by atoms with Crippen LogP contribution in [0.15, 0.2) is 182 Å². The molecule has 0 atom stereocenters. The van der Waals surface area contributed by atoms with Gasteiger partial charge in [-0.25, -0.2) is 4.98 Å². The smallest absolute Gasteiger partial charge is 0.171 e. The molecule has 0 saturated heterocycles. The molecule has 0 unspecified atom stereocenters. The fourth-order valence-electron chi connectivity index (χ4n) is 6.45. The summed E-state index contributed by atoms with van der Waals surface area (Å²) in [6, 6.07) is 62.0. The van der Waals surface area contributed by atoms with E-state index < -0.39 is 7.14 Å². The van der Waals surface area contributed by atoms with Gasteiger partial charge in [0.1, 0.15) is 0 Å². The van der Waals surface area contributed by atoms with Crippen LogP contribution in [-0.2, 0) is 4.57 Å². The molecule has 0 amide bonds. The van der Waals surface area contributed by atoms with E-state index in [1.54, 1.807) is 0 Å². The molecule has 0 aliphatic rings. The van der Waals surface area contributed by atoms with Gasteiger partial charge in [0.15, 0.2) is 7.14 Å². The third-order valence-electron chi connectivity index (χ3n) is 8.75. The summed E-state index contributed by atoms with van der Waals surface area (Å²) in [4.78, 5) is 5.19. The second-order valence-electron chi connectivity index (χ2n) is 11.5. The lowest BCUT2D eigenvalue weighted by Gasteiger charge is -2.20. The van der Waals surface area contributed by atoms with Crippen LogP contribution in [0.5, 0.6) is 0 Å². The van der Waals surface area contributed by atoms with E-state index in [4.69, 9.17) is 4.98 Å². The molecular weight excluding hydrogens is 577 g/mol. The van der Waals surface area contributed by atoms with E-state index in [0.717, 1.165) is 43.8 Å². The summed E-state index contributed by atoms with van der Waals surface area (Å²) in [5, 5.41) is 6.06. The van der Waals surface area contributed by atoms with Gasteiger partial charge in [-0.15, -0.1) is 0 Å². The van der Waals surface area contributed by atoms with Crippen molar-refractivity contribution in [3.63, 3.8) is 0 Å². The van der Waals surface area contributed by atoms with Crippen molar-refractivity contribution < 1.29 is 4.57 Å². The number of aromatic nitrogens is 1. The number of pyridine rings is 1. The molecule has 3 heteroatoms. The van der Waals surface area contributed by atoms with E-state index in [9.17, 15) is 4.57 Å². The summed E-state index contributed by atoms with van der Waals surface area (Å²) in [5.41, 5.74) is 7.44. The Bertz CT molecular complexity index is 2320. The average Bonchev–Trinajstić information content (AvgIpc) is 3.15. The lowest BCUT2D eigenvalue weighted by Crippen LogP contribution is -2.24. The first kappa shape index (κ1) is 28.0. The number of benzene rings is 7. The lowest BCUT2D eigenvalue weighted by molar-refractivity contribution is 0.592. The summed E-state index contributed by atoms with van der Waals surface area (Å²) in [7, 11) is -3.03. The van der Waals surface area contributed by atoms with Gasteiger partial charge in [0.25, 0.3) is 0 Å². The van der Waals surface area contributed by atoms with Crippen LogP contribution in [0.2, 0.25) is 0 Å². The van der Waals surface area contributed by atoms with E-state index in [0.29, 0.717) is 0 Å². The molecule has 0 bridgehead atoms. The maximum absolute atomic E-state index is 14.8. The van der Waals surface area contributed by atoms with E-state index in [2.05, 4.69) is 109 Å². The SMILES string of the molecule is O=P(c1ccccc1)(c1ccccc1)c1ccc(-c2cccc(-c3cc(-c4ccccc4)c4c(ccc5ccccc54)n3)c2)cc1. The molecule has 0 radical (unpaired) electrons. The van der Waals surface area contributed by atoms with Gasteiger partial charge in [0.05, 0.1) is 11.2 Å². The molecule has 0 fully saturated rings. The van der Waals surface area contributed by atoms with E-state index in [1.807, 2.05) is 72.8 Å². The summed E-state index contributed by atoms with van der Waals surface area (Å²) in [6.45, 7) is 0. The first-order valence-corrected chi connectivity index (χ1v) is 17.2. The zero-order valence-electron chi connectivity index (χ0n) is 25.1.